The van der Waals surface area contributed by atoms with Crippen molar-refractivity contribution in [3.63, 3.8) is 0 Å². The highest BCUT2D eigenvalue weighted by molar-refractivity contribution is 6.17. The second-order valence-electron chi connectivity index (χ2n) is 4.98. The lowest BCUT2D eigenvalue weighted by atomic mass is 9.99. The molecule has 0 spiro atoms. The summed E-state index contributed by atoms with van der Waals surface area (Å²) in [6.07, 6.45) is 4.15. The molecule has 1 fully saturated rings. The molecule has 2 rings (SSSR count). The average molecular weight is 284 g/mol. The molecule has 1 aromatic carbocycles. The van der Waals surface area contributed by atoms with E-state index < -0.39 is 0 Å². The van der Waals surface area contributed by atoms with E-state index in [0.29, 0.717) is 11.4 Å². The number of carbonyl (C=O) groups excluding carboxylic acids is 1. The van der Waals surface area contributed by atoms with Crippen molar-refractivity contribution in [1.82, 2.24) is 4.90 Å². The van der Waals surface area contributed by atoms with Crippen molar-refractivity contribution in [3.8, 4) is 0 Å². The van der Waals surface area contributed by atoms with Crippen LogP contribution >= 0.6 is 11.6 Å². The Balaban J connectivity index is 2.03. The summed E-state index contributed by atoms with van der Waals surface area (Å²) < 4.78 is 13.6. The molecule has 4 heteroatoms. The minimum absolute atomic E-state index is 0.0138. The van der Waals surface area contributed by atoms with E-state index in [9.17, 15) is 9.18 Å². The molecule has 1 unspecified atom stereocenters. The standard InChI is InChI=1S/C15H19ClFNO/c16-9-8-13-6-3-4-10-18(13)15(19)11-12-5-1-2-7-14(12)17/h1-2,5,7,13H,3-4,6,8-11H2. The number of likely N-dealkylation sites (tertiary alicyclic amines) is 1. The number of benzene rings is 1. The van der Waals surface area contributed by atoms with E-state index in [0.717, 1.165) is 32.2 Å². The molecule has 0 saturated carbocycles. The fraction of sp³-hybridized carbons (Fsp3) is 0.533. The van der Waals surface area contributed by atoms with Crippen LogP contribution in [-0.2, 0) is 11.2 Å². The Bertz CT molecular complexity index is 436. The molecular formula is C15H19ClFNO. The van der Waals surface area contributed by atoms with Gasteiger partial charge in [-0.05, 0) is 37.3 Å². The average Bonchev–Trinajstić information content (AvgIpc) is 2.42. The Labute approximate surface area is 118 Å². The summed E-state index contributed by atoms with van der Waals surface area (Å²) in [6, 6.07) is 6.70. The number of carbonyl (C=O) groups is 1. The van der Waals surface area contributed by atoms with E-state index in [1.54, 1.807) is 18.2 Å². The molecule has 0 N–H and O–H groups in total. The fourth-order valence-corrected chi connectivity index (χ4v) is 2.91. The van der Waals surface area contributed by atoms with Gasteiger partial charge in [-0.25, -0.2) is 4.39 Å². The molecule has 1 aromatic rings. The van der Waals surface area contributed by atoms with Crippen LogP contribution in [0.5, 0.6) is 0 Å². The number of piperidine rings is 1. The lowest BCUT2D eigenvalue weighted by Gasteiger charge is -2.35. The number of alkyl halides is 1. The topological polar surface area (TPSA) is 20.3 Å². The zero-order chi connectivity index (χ0) is 13.7. The van der Waals surface area contributed by atoms with Gasteiger partial charge in [0.2, 0.25) is 5.91 Å². The highest BCUT2D eigenvalue weighted by Crippen LogP contribution is 2.21. The predicted molar refractivity (Wildman–Crippen MR) is 74.8 cm³/mol. The van der Waals surface area contributed by atoms with Crippen LogP contribution in [0.3, 0.4) is 0 Å². The number of nitrogens with zero attached hydrogens (tertiary/aromatic N) is 1. The third-order valence-electron chi connectivity index (χ3n) is 3.69. The van der Waals surface area contributed by atoms with Crippen LogP contribution in [-0.4, -0.2) is 29.3 Å². The highest BCUT2D eigenvalue weighted by atomic mass is 35.5. The molecule has 19 heavy (non-hydrogen) atoms. The molecule has 0 aliphatic carbocycles. The predicted octanol–water partition coefficient (Wildman–Crippen LogP) is 3.38. The summed E-state index contributed by atoms with van der Waals surface area (Å²) in [7, 11) is 0. The number of halogens is 2. The second-order valence-corrected chi connectivity index (χ2v) is 5.36. The summed E-state index contributed by atoms with van der Waals surface area (Å²) in [6.45, 7) is 0.773. The van der Waals surface area contributed by atoms with Crippen LogP contribution in [0, 0.1) is 5.82 Å². The molecular weight excluding hydrogens is 265 g/mol. The summed E-state index contributed by atoms with van der Waals surface area (Å²) in [5.41, 5.74) is 0.475. The third kappa shape index (κ3) is 3.69. The van der Waals surface area contributed by atoms with Gasteiger partial charge in [0.25, 0.3) is 0 Å². The van der Waals surface area contributed by atoms with Gasteiger partial charge in [0, 0.05) is 18.5 Å². The quantitative estimate of drug-likeness (QED) is 0.776. The maximum absolute atomic E-state index is 13.6. The minimum Gasteiger partial charge on any atom is -0.339 e. The Kier molecular flexibility index (Phi) is 5.20. The van der Waals surface area contributed by atoms with Gasteiger partial charge >= 0.3 is 0 Å². The van der Waals surface area contributed by atoms with Crippen LogP contribution in [0.4, 0.5) is 4.39 Å². The lowest BCUT2D eigenvalue weighted by molar-refractivity contribution is -0.134. The molecule has 0 radical (unpaired) electrons. The largest absolute Gasteiger partial charge is 0.339 e. The molecule has 1 aliphatic rings. The van der Waals surface area contributed by atoms with Crippen molar-refractivity contribution >= 4 is 17.5 Å². The maximum Gasteiger partial charge on any atom is 0.227 e. The van der Waals surface area contributed by atoms with Gasteiger partial charge in [-0.3, -0.25) is 4.79 Å². The SMILES string of the molecule is O=C(Cc1ccccc1F)N1CCCCC1CCCl. The van der Waals surface area contributed by atoms with E-state index in [1.807, 2.05) is 4.90 Å². The van der Waals surface area contributed by atoms with Gasteiger partial charge < -0.3 is 4.90 Å². The van der Waals surface area contributed by atoms with Crippen molar-refractivity contribution in [2.75, 3.05) is 12.4 Å². The van der Waals surface area contributed by atoms with E-state index in [1.165, 1.54) is 6.07 Å². The van der Waals surface area contributed by atoms with Gasteiger partial charge in [0.15, 0.2) is 0 Å². The molecule has 0 aromatic heterocycles. The van der Waals surface area contributed by atoms with E-state index in [-0.39, 0.29) is 24.2 Å². The Morgan fingerprint density at radius 1 is 1.37 bits per heavy atom. The first-order chi connectivity index (χ1) is 9.22. The second kappa shape index (κ2) is 6.90. The van der Waals surface area contributed by atoms with E-state index in [4.69, 9.17) is 11.6 Å². The normalized spacial score (nSPS) is 19.5. The van der Waals surface area contributed by atoms with Gasteiger partial charge in [0.1, 0.15) is 5.82 Å². The number of hydrogen-bond donors (Lipinski definition) is 0. The Hall–Kier alpha value is -1.09. The van der Waals surface area contributed by atoms with Gasteiger partial charge in [0.05, 0.1) is 6.42 Å². The molecule has 1 aliphatic heterocycles. The van der Waals surface area contributed by atoms with Crippen molar-refractivity contribution in [1.29, 1.82) is 0 Å². The Morgan fingerprint density at radius 2 is 2.16 bits per heavy atom. The number of hydrogen-bond acceptors (Lipinski definition) is 1. The van der Waals surface area contributed by atoms with Crippen LogP contribution in [0.1, 0.15) is 31.2 Å². The van der Waals surface area contributed by atoms with Crippen molar-refractivity contribution < 1.29 is 9.18 Å². The highest BCUT2D eigenvalue weighted by Gasteiger charge is 2.26. The smallest absolute Gasteiger partial charge is 0.227 e. The zero-order valence-electron chi connectivity index (χ0n) is 10.9. The molecule has 1 amide bonds. The number of amides is 1. The van der Waals surface area contributed by atoms with Crippen molar-refractivity contribution in [2.45, 2.75) is 38.1 Å². The molecule has 1 atom stereocenters. The van der Waals surface area contributed by atoms with Crippen molar-refractivity contribution in [2.24, 2.45) is 0 Å². The first kappa shape index (κ1) is 14.3. The molecule has 2 nitrogen and oxygen atoms in total. The Morgan fingerprint density at radius 3 is 2.89 bits per heavy atom. The van der Waals surface area contributed by atoms with E-state index in [2.05, 4.69) is 0 Å². The van der Waals surface area contributed by atoms with E-state index >= 15 is 0 Å². The van der Waals surface area contributed by atoms with Crippen LogP contribution in [0.15, 0.2) is 24.3 Å². The molecule has 1 heterocycles. The summed E-state index contributed by atoms with van der Waals surface area (Å²) in [4.78, 5) is 14.2. The van der Waals surface area contributed by atoms with Gasteiger partial charge in [-0.2, -0.15) is 0 Å². The van der Waals surface area contributed by atoms with Crippen molar-refractivity contribution in [3.05, 3.63) is 35.6 Å². The molecule has 1 saturated heterocycles. The maximum atomic E-state index is 13.6. The summed E-state index contributed by atoms with van der Waals surface area (Å²) in [5.74, 6) is 0.274. The minimum atomic E-state index is -0.304. The monoisotopic (exact) mass is 283 g/mol. The number of rotatable bonds is 4. The fourth-order valence-electron chi connectivity index (χ4n) is 2.66. The molecule has 0 bridgehead atoms. The van der Waals surface area contributed by atoms with Crippen LogP contribution in [0.2, 0.25) is 0 Å². The summed E-state index contributed by atoms with van der Waals surface area (Å²) in [5, 5.41) is 0. The van der Waals surface area contributed by atoms with Crippen LogP contribution < -0.4 is 0 Å². The first-order valence-electron chi connectivity index (χ1n) is 6.81. The van der Waals surface area contributed by atoms with Gasteiger partial charge in [-0.1, -0.05) is 18.2 Å². The third-order valence-corrected chi connectivity index (χ3v) is 3.91. The first-order valence-corrected chi connectivity index (χ1v) is 7.34. The summed E-state index contributed by atoms with van der Waals surface area (Å²) >= 11 is 5.79. The zero-order valence-corrected chi connectivity index (χ0v) is 11.7. The van der Waals surface area contributed by atoms with Gasteiger partial charge in [-0.15, -0.1) is 11.6 Å². The molecule has 104 valence electrons. The lowest BCUT2D eigenvalue weighted by Crippen LogP contribution is -2.44. The van der Waals surface area contributed by atoms with Crippen LogP contribution in [0.25, 0.3) is 0 Å².